The Kier molecular flexibility index (Phi) is 9.94. The monoisotopic (exact) mass is 285 g/mol. The number of amides is 3. The number of rotatable bonds is 9. The highest BCUT2D eigenvalue weighted by Gasteiger charge is 2.15. The van der Waals surface area contributed by atoms with E-state index in [0.717, 1.165) is 6.42 Å². The van der Waals surface area contributed by atoms with E-state index in [4.69, 9.17) is 4.74 Å². The summed E-state index contributed by atoms with van der Waals surface area (Å²) in [7, 11) is 0. The van der Waals surface area contributed by atoms with Crippen LogP contribution in [-0.2, 0) is 14.3 Å². The number of esters is 1. The van der Waals surface area contributed by atoms with Crippen molar-refractivity contribution in [2.75, 3.05) is 32.8 Å². The normalized spacial score (nSPS) is 9.95. The molecule has 0 heterocycles. The Balaban J connectivity index is 4.22. The van der Waals surface area contributed by atoms with Gasteiger partial charge in [0.05, 0.1) is 19.7 Å². The van der Waals surface area contributed by atoms with Gasteiger partial charge < -0.3 is 10.1 Å². The highest BCUT2D eigenvalue weighted by atomic mass is 16.5. The van der Waals surface area contributed by atoms with Crippen LogP contribution in [0, 0.1) is 0 Å². The van der Waals surface area contributed by atoms with Crippen molar-refractivity contribution in [3.8, 4) is 0 Å². The number of nitrogens with one attached hydrogen (secondary N) is 2. The maximum atomic E-state index is 11.6. The molecule has 20 heavy (non-hydrogen) atoms. The van der Waals surface area contributed by atoms with Crippen molar-refractivity contribution in [2.24, 2.45) is 0 Å². The van der Waals surface area contributed by atoms with Gasteiger partial charge in [-0.25, -0.2) is 4.79 Å². The van der Waals surface area contributed by atoms with E-state index in [1.165, 1.54) is 4.90 Å². The summed E-state index contributed by atoms with van der Waals surface area (Å²) in [4.78, 5) is 35.8. The van der Waals surface area contributed by atoms with Crippen LogP contribution in [0.5, 0.6) is 0 Å². The average Bonchev–Trinajstić information content (AvgIpc) is 2.36. The number of ether oxygens (including phenoxy) is 1. The first kappa shape index (κ1) is 18.1. The van der Waals surface area contributed by atoms with Gasteiger partial charge in [-0.05, 0) is 13.3 Å². The number of hydrogen-bond acceptors (Lipinski definition) is 5. The van der Waals surface area contributed by atoms with E-state index in [1.54, 1.807) is 13.0 Å². The molecule has 7 nitrogen and oxygen atoms in total. The van der Waals surface area contributed by atoms with Crippen LogP contribution in [0.1, 0.15) is 20.3 Å². The summed E-state index contributed by atoms with van der Waals surface area (Å²) < 4.78 is 4.81. The van der Waals surface area contributed by atoms with E-state index in [2.05, 4.69) is 17.2 Å². The molecule has 0 saturated heterocycles. The maximum Gasteiger partial charge on any atom is 0.321 e. The number of imide groups is 1. The molecule has 7 heteroatoms. The van der Waals surface area contributed by atoms with Gasteiger partial charge in [0.2, 0.25) is 5.91 Å². The third-order valence-corrected chi connectivity index (χ3v) is 2.20. The second kappa shape index (κ2) is 11.0. The van der Waals surface area contributed by atoms with Gasteiger partial charge in [0.15, 0.2) is 0 Å². The van der Waals surface area contributed by atoms with Gasteiger partial charge in [0.25, 0.3) is 0 Å². The fraction of sp³-hybridized carbons (Fsp3) is 0.615. The molecule has 0 radical (unpaired) electrons. The number of carbonyl (C=O) groups is 3. The van der Waals surface area contributed by atoms with E-state index < -0.39 is 17.9 Å². The number of carbonyl (C=O) groups excluding carboxylic acids is 3. The first-order valence-corrected chi connectivity index (χ1v) is 6.60. The molecule has 0 spiro atoms. The summed E-state index contributed by atoms with van der Waals surface area (Å²) in [5.74, 6) is -0.901. The van der Waals surface area contributed by atoms with Crippen molar-refractivity contribution in [1.29, 1.82) is 0 Å². The first-order chi connectivity index (χ1) is 9.53. The molecule has 0 aromatic rings. The Morgan fingerprint density at radius 3 is 2.50 bits per heavy atom. The van der Waals surface area contributed by atoms with Crippen molar-refractivity contribution in [3.05, 3.63) is 12.7 Å². The fourth-order valence-corrected chi connectivity index (χ4v) is 1.41. The molecular formula is C13H23N3O4. The van der Waals surface area contributed by atoms with Gasteiger partial charge in [-0.15, -0.1) is 6.58 Å². The van der Waals surface area contributed by atoms with Gasteiger partial charge in [-0.2, -0.15) is 0 Å². The minimum atomic E-state index is -0.536. The van der Waals surface area contributed by atoms with Gasteiger partial charge in [-0.3, -0.25) is 19.8 Å². The fourth-order valence-electron chi connectivity index (χ4n) is 1.41. The van der Waals surface area contributed by atoms with Crippen LogP contribution >= 0.6 is 0 Å². The van der Waals surface area contributed by atoms with Crippen molar-refractivity contribution in [1.82, 2.24) is 15.5 Å². The number of hydrogen-bond donors (Lipinski definition) is 2. The van der Waals surface area contributed by atoms with E-state index in [9.17, 15) is 14.4 Å². The standard InChI is InChI=1S/C13H23N3O4/c1-4-7-14-13(19)15-11(17)9-16(8-5-2)10-12(18)20-6-3/h5H,2,4,6-10H2,1,3H3,(H2,14,15,17,19). The second-order valence-corrected chi connectivity index (χ2v) is 4.07. The molecule has 0 atom stereocenters. The predicted molar refractivity (Wildman–Crippen MR) is 75.1 cm³/mol. The molecular weight excluding hydrogens is 262 g/mol. The molecule has 114 valence electrons. The van der Waals surface area contributed by atoms with Crippen LogP contribution in [0.15, 0.2) is 12.7 Å². The minimum Gasteiger partial charge on any atom is -0.465 e. The topological polar surface area (TPSA) is 87.7 Å². The third kappa shape index (κ3) is 9.09. The van der Waals surface area contributed by atoms with Gasteiger partial charge in [0, 0.05) is 13.1 Å². The zero-order valence-corrected chi connectivity index (χ0v) is 12.1. The van der Waals surface area contributed by atoms with Crippen molar-refractivity contribution < 1.29 is 19.1 Å². The van der Waals surface area contributed by atoms with E-state index in [1.807, 2.05) is 6.92 Å². The SMILES string of the molecule is C=CCN(CC(=O)NC(=O)NCCC)CC(=O)OCC. The summed E-state index contributed by atoms with van der Waals surface area (Å²) >= 11 is 0. The lowest BCUT2D eigenvalue weighted by atomic mass is 10.4. The Hall–Kier alpha value is -1.89. The van der Waals surface area contributed by atoms with E-state index >= 15 is 0 Å². The largest absolute Gasteiger partial charge is 0.465 e. The van der Waals surface area contributed by atoms with Crippen molar-refractivity contribution >= 4 is 17.9 Å². The first-order valence-electron chi connectivity index (χ1n) is 6.60. The zero-order valence-electron chi connectivity index (χ0n) is 12.1. The molecule has 0 aromatic heterocycles. The summed E-state index contributed by atoms with van der Waals surface area (Å²) in [6.07, 6.45) is 2.36. The molecule has 0 aromatic carbocycles. The number of urea groups is 1. The van der Waals surface area contributed by atoms with Gasteiger partial charge in [0.1, 0.15) is 0 Å². The van der Waals surface area contributed by atoms with Crippen LogP contribution in [-0.4, -0.2) is 55.6 Å². The smallest absolute Gasteiger partial charge is 0.321 e. The lowest BCUT2D eigenvalue weighted by Crippen LogP contribution is -2.45. The highest BCUT2D eigenvalue weighted by Crippen LogP contribution is 1.91. The molecule has 0 saturated carbocycles. The lowest BCUT2D eigenvalue weighted by Gasteiger charge is -2.18. The maximum absolute atomic E-state index is 11.6. The molecule has 0 bridgehead atoms. The summed E-state index contributed by atoms with van der Waals surface area (Å²) in [6.45, 7) is 8.21. The zero-order chi connectivity index (χ0) is 15.4. The van der Waals surface area contributed by atoms with Gasteiger partial charge in [-0.1, -0.05) is 13.0 Å². The van der Waals surface area contributed by atoms with E-state index in [0.29, 0.717) is 13.1 Å². The lowest BCUT2D eigenvalue weighted by molar-refractivity contribution is -0.144. The Bertz CT molecular complexity index is 345. The third-order valence-electron chi connectivity index (χ3n) is 2.20. The van der Waals surface area contributed by atoms with Crippen LogP contribution in [0.2, 0.25) is 0 Å². The predicted octanol–water partition coefficient (Wildman–Crippen LogP) is 0.273. The molecule has 0 aliphatic rings. The van der Waals surface area contributed by atoms with Crippen LogP contribution < -0.4 is 10.6 Å². The summed E-state index contributed by atoms with van der Waals surface area (Å²) in [5.41, 5.74) is 0. The quantitative estimate of drug-likeness (QED) is 0.469. The Morgan fingerprint density at radius 2 is 1.95 bits per heavy atom. The summed E-state index contributed by atoms with van der Waals surface area (Å²) in [5, 5.41) is 4.72. The summed E-state index contributed by atoms with van der Waals surface area (Å²) in [6, 6.07) is -0.536. The highest BCUT2D eigenvalue weighted by molar-refractivity contribution is 5.95. The molecule has 0 rings (SSSR count). The molecule has 2 N–H and O–H groups in total. The molecule has 3 amide bonds. The molecule has 0 unspecified atom stereocenters. The minimum absolute atomic E-state index is 0.0239. The molecule has 0 fully saturated rings. The van der Waals surface area contributed by atoms with Crippen LogP contribution in [0.25, 0.3) is 0 Å². The second-order valence-electron chi connectivity index (χ2n) is 4.07. The number of nitrogens with zero attached hydrogens (tertiary/aromatic N) is 1. The average molecular weight is 285 g/mol. The van der Waals surface area contributed by atoms with E-state index in [-0.39, 0.29) is 19.7 Å². The molecule has 0 aliphatic carbocycles. The van der Waals surface area contributed by atoms with Crippen molar-refractivity contribution in [2.45, 2.75) is 20.3 Å². The van der Waals surface area contributed by atoms with Crippen LogP contribution in [0.4, 0.5) is 4.79 Å². The van der Waals surface area contributed by atoms with Crippen LogP contribution in [0.3, 0.4) is 0 Å². The Labute approximate surface area is 119 Å². The van der Waals surface area contributed by atoms with Gasteiger partial charge >= 0.3 is 12.0 Å². The molecule has 0 aliphatic heterocycles. The van der Waals surface area contributed by atoms with Crippen molar-refractivity contribution in [3.63, 3.8) is 0 Å². The Morgan fingerprint density at radius 1 is 1.25 bits per heavy atom.